The number of hydrogen-bond acceptors (Lipinski definition) is 3. The van der Waals surface area contributed by atoms with Crippen molar-refractivity contribution in [2.45, 2.75) is 32.9 Å². The van der Waals surface area contributed by atoms with Crippen molar-refractivity contribution in [2.75, 3.05) is 20.6 Å². The van der Waals surface area contributed by atoms with Crippen LogP contribution < -0.4 is 0 Å². The van der Waals surface area contributed by atoms with Gasteiger partial charge >= 0.3 is 0 Å². The second-order valence-electron chi connectivity index (χ2n) is 4.49. The van der Waals surface area contributed by atoms with Crippen molar-refractivity contribution >= 4 is 11.6 Å². The fourth-order valence-corrected chi connectivity index (χ4v) is 1.83. The van der Waals surface area contributed by atoms with Crippen LogP contribution in [0.4, 0.5) is 0 Å². The van der Waals surface area contributed by atoms with E-state index in [1.165, 1.54) is 0 Å². The number of aromatic nitrogens is 2. The standard InChI is InChI=1S/C11H20ClN3O/c1-8(2)10-9(7-16)11(12)15(13-10)6-5-14(3)4/h8,16H,5-7H2,1-4H3. The van der Waals surface area contributed by atoms with E-state index in [1.807, 2.05) is 27.9 Å². The van der Waals surface area contributed by atoms with Gasteiger partial charge in [-0.25, -0.2) is 0 Å². The summed E-state index contributed by atoms with van der Waals surface area (Å²) >= 11 is 6.18. The molecule has 0 atom stereocenters. The van der Waals surface area contributed by atoms with Gasteiger partial charge in [0.15, 0.2) is 0 Å². The number of aliphatic hydroxyl groups excluding tert-OH is 1. The first-order valence-electron chi connectivity index (χ1n) is 5.48. The van der Waals surface area contributed by atoms with Gasteiger partial charge in [0.1, 0.15) is 5.15 Å². The molecule has 0 saturated carbocycles. The second-order valence-corrected chi connectivity index (χ2v) is 4.85. The summed E-state index contributed by atoms with van der Waals surface area (Å²) in [4.78, 5) is 2.08. The van der Waals surface area contributed by atoms with Crippen LogP contribution in [0.1, 0.15) is 31.0 Å². The molecule has 0 aliphatic heterocycles. The van der Waals surface area contributed by atoms with E-state index in [1.54, 1.807) is 4.68 Å². The highest BCUT2D eigenvalue weighted by molar-refractivity contribution is 6.30. The van der Waals surface area contributed by atoms with Crippen LogP contribution in [-0.4, -0.2) is 40.4 Å². The zero-order chi connectivity index (χ0) is 12.3. The third-order valence-corrected chi connectivity index (χ3v) is 2.90. The van der Waals surface area contributed by atoms with Crippen molar-refractivity contribution in [3.05, 3.63) is 16.4 Å². The largest absolute Gasteiger partial charge is 0.391 e. The van der Waals surface area contributed by atoms with Gasteiger partial charge in [0.05, 0.1) is 18.8 Å². The summed E-state index contributed by atoms with van der Waals surface area (Å²) in [6, 6.07) is 0. The van der Waals surface area contributed by atoms with Crippen molar-refractivity contribution in [3.63, 3.8) is 0 Å². The first-order chi connectivity index (χ1) is 7.47. The Morgan fingerprint density at radius 1 is 1.44 bits per heavy atom. The molecule has 92 valence electrons. The molecule has 16 heavy (non-hydrogen) atoms. The van der Waals surface area contributed by atoms with Gasteiger partial charge in [-0.1, -0.05) is 25.4 Å². The maximum atomic E-state index is 9.29. The number of aliphatic hydroxyl groups is 1. The van der Waals surface area contributed by atoms with Gasteiger partial charge in [0.2, 0.25) is 0 Å². The lowest BCUT2D eigenvalue weighted by atomic mass is 10.1. The molecule has 0 saturated heterocycles. The summed E-state index contributed by atoms with van der Waals surface area (Å²) in [6.45, 7) is 5.67. The molecule has 1 heterocycles. The van der Waals surface area contributed by atoms with Gasteiger partial charge in [-0.15, -0.1) is 0 Å². The Morgan fingerprint density at radius 3 is 2.44 bits per heavy atom. The third-order valence-electron chi connectivity index (χ3n) is 2.48. The molecule has 1 N–H and O–H groups in total. The topological polar surface area (TPSA) is 41.3 Å². The minimum Gasteiger partial charge on any atom is -0.391 e. The van der Waals surface area contributed by atoms with Gasteiger partial charge in [0.25, 0.3) is 0 Å². The number of nitrogens with zero attached hydrogens (tertiary/aromatic N) is 3. The van der Waals surface area contributed by atoms with Gasteiger partial charge in [-0.05, 0) is 20.0 Å². The lowest BCUT2D eigenvalue weighted by molar-refractivity contribution is 0.280. The van der Waals surface area contributed by atoms with Crippen molar-refractivity contribution in [2.24, 2.45) is 0 Å². The van der Waals surface area contributed by atoms with Crippen molar-refractivity contribution in [1.29, 1.82) is 0 Å². The highest BCUT2D eigenvalue weighted by atomic mass is 35.5. The Kier molecular flexibility index (Phi) is 4.77. The van der Waals surface area contributed by atoms with Crippen LogP contribution in [0.15, 0.2) is 0 Å². The first kappa shape index (κ1) is 13.5. The van der Waals surface area contributed by atoms with Crippen LogP contribution in [0.5, 0.6) is 0 Å². The molecule has 0 aliphatic rings. The number of likely N-dealkylation sites (N-methyl/N-ethyl adjacent to an activating group) is 1. The quantitative estimate of drug-likeness (QED) is 0.859. The third kappa shape index (κ3) is 2.97. The summed E-state index contributed by atoms with van der Waals surface area (Å²) in [5, 5.41) is 14.3. The minimum atomic E-state index is -0.0473. The van der Waals surface area contributed by atoms with Gasteiger partial charge in [0, 0.05) is 12.1 Å². The smallest absolute Gasteiger partial charge is 0.132 e. The molecule has 1 aromatic rings. The second kappa shape index (κ2) is 5.66. The summed E-state index contributed by atoms with van der Waals surface area (Å²) < 4.78 is 1.77. The molecule has 0 spiro atoms. The number of hydrogen-bond donors (Lipinski definition) is 1. The van der Waals surface area contributed by atoms with E-state index in [0.717, 1.165) is 24.3 Å². The fourth-order valence-electron chi connectivity index (χ4n) is 1.55. The highest BCUT2D eigenvalue weighted by Crippen LogP contribution is 2.25. The Balaban J connectivity index is 2.94. The van der Waals surface area contributed by atoms with E-state index in [9.17, 15) is 5.11 Å². The van der Waals surface area contributed by atoms with Crippen molar-refractivity contribution in [3.8, 4) is 0 Å². The van der Waals surface area contributed by atoms with E-state index < -0.39 is 0 Å². The molecule has 1 aromatic heterocycles. The van der Waals surface area contributed by atoms with Crippen LogP contribution in [0.3, 0.4) is 0 Å². The molecule has 0 aliphatic carbocycles. The van der Waals surface area contributed by atoms with Crippen molar-refractivity contribution in [1.82, 2.24) is 14.7 Å². The van der Waals surface area contributed by atoms with E-state index >= 15 is 0 Å². The van der Waals surface area contributed by atoms with Crippen LogP contribution in [-0.2, 0) is 13.2 Å². The van der Waals surface area contributed by atoms with Gasteiger partial charge in [-0.2, -0.15) is 5.10 Å². The Morgan fingerprint density at radius 2 is 2.06 bits per heavy atom. The molecule has 0 bridgehead atoms. The fraction of sp³-hybridized carbons (Fsp3) is 0.727. The molecular weight excluding hydrogens is 226 g/mol. The van der Waals surface area contributed by atoms with E-state index in [-0.39, 0.29) is 12.5 Å². The summed E-state index contributed by atoms with van der Waals surface area (Å²) in [5.74, 6) is 0.278. The number of halogens is 1. The molecule has 0 amide bonds. The average molecular weight is 246 g/mol. The van der Waals surface area contributed by atoms with E-state index in [4.69, 9.17) is 11.6 Å². The van der Waals surface area contributed by atoms with Gasteiger partial charge in [-0.3, -0.25) is 4.68 Å². The van der Waals surface area contributed by atoms with Crippen LogP contribution in [0.2, 0.25) is 5.15 Å². The summed E-state index contributed by atoms with van der Waals surface area (Å²) in [6.07, 6.45) is 0. The SMILES string of the molecule is CC(C)c1nn(CCN(C)C)c(Cl)c1CO. The summed E-state index contributed by atoms with van der Waals surface area (Å²) in [7, 11) is 4.02. The maximum Gasteiger partial charge on any atom is 0.132 e. The lowest BCUT2D eigenvalue weighted by Crippen LogP contribution is -2.19. The molecule has 0 aromatic carbocycles. The van der Waals surface area contributed by atoms with Gasteiger partial charge < -0.3 is 10.0 Å². The molecule has 4 nitrogen and oxygen atoms in total. The molecule has 0 unspecified atom stereocenters. The molecular formula is C11H20ClN3O. The molecule has 5 heteroatoms. The zero-order valence-electron chi connectivity index (χ0n) is 10.4. The molecule has 0 fully saturated rings. The van der Waals surface area contributed by atoms with Crippen LogP contribution >= 0.6 is 11.6 Å². The lowest BCUT2D eigenvalue weighted by Gasteiger charge is -2.09. The summed E-state index contributed by atoms with van der Waals surface area (Å²) in [5.41, 5.74) is 1.65. The molecule has 1 rings (SSSR count). The van der Waals surface area contributed by atoms with Crippen LogP contribution in [0, 0.1) is 0 Å². The Labute approximate surface area is 102 Å². The Hall–Kier alpha value is -0.580. The average Bonchev–Trinajstić information content (AvgIpc) is 2.52. The van der Waals surface area contributed by atoms with E-state index in [2.05, 4.69) is 10.00 Å². The highest BCUT2D eigenvalue weighted by Gasteiger charge is 2.17. The first-order valence-corrected chi connectivity index (χ1v) is 5.85. The zero-order valence-corrected chi connectivity index (χ0v) is 11.1. The molecule has 0 radical (unpaired) electrons. The minimum absolute atomic E-state index is 0.0473. The monoisotopic (exact) mass is 245 g/mol. The maximum absolute atomic E-state index is 9.29. The normalized spacial score (nSPS) is 11.8. The van der Waals surface area contributed by atoms with Crippen molar-refractivity contribution < 1.29 is 5.11 Å². The predicted octanol–water partition coefficient (Wildman–Crippen LogP) is 1.71. The Bertz CT molecular complexity index is 347. The van der Waals surface area contributed by atoms with Crippen LogP contribution in [0.25, 0.3) is 0 Å². The van der Waals surface area contributed by atoms with E-state index in [0.29, 0.717) is 5.15 Å². The predicted molar refractivity (Wildman–Crippen MR) is 65.8 cm³/mol. The number of rotatable bonds is 5.